The monoisotopic (exact) mass is 535 g/mol. The van der Waals surface area contributed by atoms with Crippen LogP contribution in [0.5, 0.6) is 5.75 Å². The number of azo groups is 1. The fourth-order valence-electron chi connectivity index (χ4n) is 2.76. The molecule has 0 aromatic heterocycles. The van der Waals surface area contributed by atoms with Crippen LogP contribution in [0, 0.1) is 0 Å². The predicted molar refractivity (Wildman–Crippen MR) is 127 cm³/mol. The molecule has 3 aromatic carbocycles. The molecule has 0 atom stereocenters. The van der Waals surface area contributed by atoms with E-state index in [1.54, 1.807) is 30.3 Å². The van der Waals surface area contributed by atoms with E-state index in [4.69, 9.17) is 5.73 Å². The van der Waals surface area contributed by atoms with Crippen LogP contribution in [0.25, 0.3) is 0 Å². The first-order valence-corrected chi connectivity index (χ1v) is 12.4. The summed E-state index contributed by atoms with van der Waals surface area (Å²) < 4.78 is 64.4. The van der Waals surface area contributed by atoms with Crippen molar-refractivity contribution in [3.63, 3.8) is 0 Å². The quantitative estimate of drug-likeness (QED) is 0.0488. The first-order valence-electron chi connectivity index (χ1n) is 9.53. The van der Waals surface area contributed by atoms with Crippen LogP contribution < -0.4 is 11.2 Å². The van der Waals surface area contributed by atoms with Gasteiger partial charge in [-0.1, -0.05) is 18.2 Å². The number of rotatable bonds is 7. The molecule has 36 heavy (non-hydrogen) atoms. The van der Waals surface area contributed by atoms with Crippen LogP contribution in [0.2, 0.25) is 0 Å². The predicted octanol–water partition coefficient (Wildman–Crippen LogP) is 2.72. The lowest BCUT2D eigenvalue weighted by Crippen LogP contribution is -2.11. The minimum Gasteiger partial charge on any atom is -0.504 e. The number of hydrazone groups is 1. The number of hydrogen-bond donors (Lipinski definition) is 6. The summed E-state index contributed by atoms with van der Waals surface area (Å²) in [4.78, 5) is 10.4. The first-order chi connectivity index (χ1) is 16.8. The highest BCUT2D eigenvalue weighted by Crippen LogP contribution is 2.35. The van der Waals surface area contributed by atoms with Crippen LogP contribution in [-0.2, 0) is 20.2 Å². The highest BCUT2D eigenvalue weighted by atomic mass is 32.2. The SMILES string of the molecule is Nc1cc(S(=O)(=O)O)cc(N=NC(=NNc2ccccc2)c2ccc(S(=O)(=O)O)cc2C(=O)O)c1O. The van der Waals surface area contributed by atoms with Crippen molar-refractivity contribution in [2.24, 2.45) is 15.3 Å². The molecule has 16 heteroatoms. The maximum absolute atomic E-state index is 11.8. The number of carbonyl (C=O) groups is 1. The van der Waals surface area contributed by atoms with Crippen molar-refractivity contribution < 1.29 is 40.9 Å². The number of anilines is 2. The zero-order valence-electron chi connectivity index (χ0n) is 17.8. The number of aromatic carboxylic acids is 1. The van der Waals surface area contributed by atoms with Crippen LogP contribution in [0.15, 0.2) is 85.8 Å². The van der Waals surface area contributed by atoms with Crippen molar-refractivity contribution in [3.8, 4) is 5.75 Å². The molecule has 0 aliphatic carbocycles. The van der Waals surface area contributed by atoms with Crippen molar-refractivity contribution in [2.45, 2.75) is 9.79 Å². The third-order valence-corrected chi connectivity index (χ3v) is 6.15. The van der Waals surface area contributed by atoms with Crippen molar-refractivity contribution in [1.82, 2.24) is 0 Å². The molecular formula is C20H17N5O9S2. The Balaban J connectivity index is 2.19. The number of carboxylic acid groups (broad SMARTS) is 1. The molecule has 0 aliphatic rings. The summed E-state index contributed by atoms with van der Waals surface area (Å²) in [5.41, 5.74) is 6.75. The van der Waals surface area contributed by atoms with Crippen LogP contribution in [0.1, 0.15) is 15.9 Å². The Morgan fingerprint density at radius 1 is 0.861 bits per heavy atom. The Hall–Kier alpha value is -4.38. The molecule has 7 N–H and O–H groups in total. The number of benzene rings is 3. The van der Waals surface area contributed by atoms with Gasteiger partial charge in [-0.25, -0.2) is 4.79 Å². The average Bonchev–Trinajstić information content (AvgIpc) is 2.80. The highest BCUT2D eigenvalue weighted by Gasteiger charge is 2.21. The third kappa shape index (κ3) is 6.19. The van der Waals surface area contributed by atoms with Crippen LogP contribution in [-0.4, -0.2) is 48.0 Å². The van der Waals surface area contributed by atoms with Crippen LogP contribution in [0.4, 0.5) is 17.1 Å². The number of phenolic OH excluding ortho intramolecular Hbond substituents is 1. The second-order valence-corrected chi connectivity index (χ2v) is 9.80. The van der Waals surface area contributed by atoms with Gasteiger partial charge >= 0.3 is 5.97 Å². The van der Waals surface area contributed by atoms with Gasteiger partial charge in [-0.05, 0) is 42.5 Å². The molecule has 3 aromatic rings. The van der Waals surface area contributed by atoms with E-state index in [0.717, 1.165) is 24.3 Å². The molecule has 0 aliphatic heterocycles. The van der Waals surface area contributed by atoms with E-state index in [9.17, 15) is 40.9 Å². The molecule has 0 heterocycles. The summed E-state index contributed by atoms with van der Waals surface area (Å²) in [7, 11) is -9.47. The van der Waals surface area contributed by atoms with E-state index in [1.165, 1.54) is 0 Å². The lowest BCUT2D eigenvalue weighted by atomic mass is 10.1. The summed E-state index contributed by atoms with van der Waals surface area (Å²) in [6.07, 6.45) is 0. The molecule has 0 spiro atoms. The zero-order valence-corrected chi connectivity index (χ0v) is 19.5. The summed E-state index contributed by atoms with van der Waals surface area (Å²) >= 11 is 0. The van der Waals surface area contributed by atoms with E-state index in [-0.39, 0.29) is 5.56 Å². The van der Waals surface area contributed by atoms with Gasteiger partial charge in [0, 0.05) is 5.56 Å². The topological polar surface area (TPSA) is 241 Å². The van der Waals surface area contributed by atoms with Gasteiger partial charge in [-0.2, -0.15) is 21.9 Å². The molecule has 0 bridgehead atoms. The Labute approximate surface area is 203 Å². The second kappa shape index (κ2) is 10.1. The van der Waals surface area contributed by atoms with Gasteiger partial charge in [0.1, 0.15) is 5.69 Å². The summed E-state index contributed by atoms with van der Waals surface area (Å²) in [5.74, 6) is -2.74. The number of carboxylic acids is 1. The Morgan fingerprint density at radius 3 is 2.08 bits per heavy atom. The number of hydrogen-bond acceptors (Lipinski definition) is 10. The number of nitrogens with one attached hydrogen (secondary N) is 1. The lowest BCUT2D eigenvalue weighted by Gasteiger charge is -2.09. The Morgan fingerprint density at radius 2 is 1.50 bits per heavy atom. The second-order valence-electron chi connectivity index (χ2n) is 6.96. The number of para-hydroxylation sites is 1. The summed E-state index contributed by atoms with van der Waals surface area (Å²) in [6, 6.07) is 12.4. The van der Waals surface area contributed by atoms with Gasteiger partial charge in [0.2, 0.25) is 5.84 Å². The molecule has 0 amide bonds. The van der Waals surface area contributed by atoms with Gasteiger partial charge in [-0.3, -0.25) is 14.5 Å². The van der Waals surface area contributed by atoms with Crippen molar-refractivity contribution >= 4 is 49.1 Å². The van der Waals surface area contributed by atoms with Gasteiger partial charge in [0.05, 0.1) is 26.7 Å². The third-order valence-electron chi connectivity index (χ3n) is 4.47. The fourth-order valence-corrected chi connectivity index (χ4v) is 3.81. The molecule has 3 rings (SSSR count). The van der Waals surface area contributed by atoms with Gasteiger partial charge in [0.15, 0.2) is 5.75 Å². The van der Waals surface area contributed by atoms with Crippen LogP contribution in [0.3, 0.4) is 0 Å². The van der Waals surface area contributed by atoms with Crippen molar-refractivity contribution in [1.29, 1.82) is 0 Å². The van der Waals surface area contributed by atoms with E-state index in [1.807, 2.05) is 0 Å². The van der Waals surface area contributed by atoms with Gasteiger partial charge < -0.3 is 15.9 Å². The molecule has 0 unspecified atom stereocenters. The van der Waals surface area contributed by atoms with Crippen molar-refractivity contribution in [3.05, 3.63) is 71.8 Å². The maximum atomic E-state index is 11.8. The molecule has 14 nitrogen and oxygen atoms in total. The first kappa shape index (κ1) is 26.2. The Kier molecular flexibility index (Phi) is 7.35. The van der Waals surface area contributed by atoms with E-state index in [2.05, 4.69) is 20.8 Å². The summed E-state index contributed by atoms with van der Waals surface area (Å²) in [5, 5.41) is 31.2. The zero-order chi connectivity index (χ0) is 26.7. The number of nitrogen functional groups attached to an aromatic ring is 1. The molecular weight excluding hydrogens is 518 g/mol. The number of nitrogens with zero attached hydrogens (tertiary/aromatic N) is 3. The van der Waals surface area contributed by atoms with E-state index >= 15 is 0 Å². The van der Waals surface area contributed by atoms with E-state index in [0.29, 0.717) is 11.8 Å². The standard InChI is InChI=1S/C20H17N5O9S2/c21-16-9-13(36(32,33)34)10-17(18(16)26)23-25-19(24-22-11-4-2-1-3-5-11)14-7-6-12(35(29,30)31)8-15(14)20(27)28/h1-10,22,26H,21H2,(H,27,28)(H,29,30,31)(H,32,33,34). The molecule has 0 saturated heterocycles. The number of aromatic hydroxyl groups is 1. The smallest absolute Gasteiger partial charge is 0.336 e. The number of nitrogens with two attached hydrogens (primary N) is 1. The molecule has 0 radical (unpaired) electrons. The fraction of sp³-hybridized carbons (Fsp3) is 0. The average molecular weight is 536 g/mol. The number of amidine groups is 1. The normalized spacial score (nSPS) is 12.6. The van der Waals surface area contributed by atoms with Crippen molar-refractivity contribution in [2.75, 3.05) is 11.2 Å². The maximum Gasteiger partial charge on any atom is 0.336 e. The molecule has 188 valence electrons. The number of phenols is 1. The largest absolute Gasteiger partial charge is 0.504 e. The Bertz CT molecular complexity index is 1600. The summed E-state index contributed by atoms with van der Waals surface area (Å²) in [6.45, 7) is 0. The minimum absolute atomic E-state index is 0.263. The van der Waals surface area contributed by atoms with Crippen LogP contribution >= 0.6 is 0 Å². The molecule has 0 saturated carbocycles. The minimum atomic E-state index is -4.74. The molecule has 0 fully saturated rings. The van der Waals surface area contributed by atoms with E-state index < -0.39 is 64.5 Å². The van der Waals surface area contributed by atoms with Gasteiger partial charge in [0.25, 0.3) is 20.2 Å². The highest BCUT2D eigenvalue weighted by molar-refractivity contribution is 7.86. The van der Waals surface area contributed by atoms with Gasteiger partial charge in [-0.15, -0.1) is 10.2 Å². The lowest BCUT2D eigenvalue weighted by molar-refractivity contribution is 0.0696.